The maximum Gasteiger partial charge on any atom is 0.338 e. The number of nitrogens with two attached hydrogens (primary N) is 1. The van der Waals surface area contributed by atoms with Crippen LogP contribution in [0.1, 0.15) is 25.7 Å². The Kier molecular flexibility index (Phi) is 5.13. The van der Waals surface area contributed by atoms with Crippen LogP contribution in [0.5, 0.6) is 0 Å². The van der Waals surface area contributed by atoms with Gasteiger partial charge >= 0.3 is 5.63 Å². The van der Waals surface area contributed by atoms with Crippen LogP contribution in [0.25, 0.3) is 11.0 Å². The first-order valence-corrected chi connectivity index (χ1v) is 9.67. The third-order valence-electron chi connectivity index (χ3n) is 5.58. The highest BCUT2D eigenvalue weighted by atomic mass is 16.4. The third kappa shape index (κ3) is 3.99. The van der Waals surface area contributed by atoms with Crippen LogP contribution < -0.4 is 16.7 Å². The lowest BCUT2D eigenvalue weighted by molar-refractivity contribution is -0.133. The fourth-order valence-electron chi connectivity index (χ4n) is 4.07. The molecule has 0 saturated carbocycles. The molecule has 0 unspecified atom stereocenters. The van der Waals surface area contributed by atoms with E-state index in [1.165, 1.54) is 6.07 Å². The van der Waals surface area contributed by atoms with Gasteiger partial charge in [0.2, 0.25) is 5.91 Å². The molecule has 3 heterocycles. The van der Waals surface area contributed by atoms with Gasteiger partial charge in [-0.1, -0.05) is 12.1 Å². The molecule has 7 nitrogen and oxygen atoms in total. The van der Waals surface area contributed by atoms with Crippen molar-refractivity contribution in [1.29, 1.82) is 0 Å². The maximum atomic E-state index is 12.4. The predicted molar refractivity (Wildman–Crippen MR) is 104 cm³/mol. The zero-order valence-corrected chi connectivity index (χ0v) is 15.4. The molecule has 4 rings (SSSR count). The molecular weight excluding hydrogens is 344 g/mol. The lowest BCUT2D eigenvalue weighted by Gasteiger charge is -2.34. The van der Waals surface area contributed by atoms with Gasteiger partial charge < -0.3 is 20.4 Å². The number of nitrogens with zero attached hydrogens (tertiary/aromatic N) is 2. The van der Waals surface area contributed by atoms with Gasteiger partial charge in [0.05, 0.1) is 18.4 Å². The quantitative estimate of drug-likeness (QED) is 0.794. The highest BCUT2D eigenvalue weighted by Crippen LogP contribution is 2.24. The van der Waals surface area contributed by atoms with Crippen LogP contribution in [0.4, 0.5) is 5.69 Å². The van der Waals surface area contributed by atoms with Gasteiger partial charge in [-0.15, -0.1) is 0 Å². The van der Waals surface area contributed by atoms with Crippen molar-refractivity contribution in [1.82, 2.24) is 9.80 Å². The zero-order chi connectivity index (χ0) is 18.8. The molecule has 1 atom stereocenters. The van der Waals surface area contributed by atoms with Gasteiger partial charge in [0, 0.05) is 37.1 Å². The van der Waals surface area contributed by atoms with E-state index in [0.29, 0.717) is 12.1 Å². The molecule has 1 aromatic heterocycles. The molecule has 0 aliphatic carbocycles. The molecule has 2 aliphatic rings. The molecule has 1 amide bonds. The first-order chi connectivity index (χ1) is 13.1. The van der Waals surface area contributed by atoms with E-state index < -0.39 is 0 Å². The smallest absolute Gasteiger partial charge is 0.338 e. The van der Waals surface area contributed by atoms with Crippen LogP contribution in [0.2, 0.25) is 0 Å². The molecule has 27 heavy (non-hydrogen) atoms. The number of anilines is 1. The van der Waals surface area contributed by atoms with E-state index in [1.54, 1.807) is 11.0 Å². The summed E-state index contributed by atoms with van der Waals surface area (Å²) in [4.78, 5) is 28.2. The summed E-state index contributed by atoms with van der Waals surface area (Å²) in [5.74, 6) is 0.137. The summed E-state index contributed by atoms with van der Waals surface area (Å²) >= 11 is 0. The summed E-state index contributed by atoms with van der Waals surface area (Å²) < 4.78 is 5.25. The van der Waals surface area contributed by atoms with Crippen LogP contribution in [0.15, 0.2) is 39.5 Å². The summed E-state index contributed by atoms with van der Waals surface area (Å²) in [7, 11) is 0. The van der Waals surface area contributed by atoms with E-state index in [2.05, 4.69) is 10.2 Å². The van der Waals surface area contributed by atoms with Crippen molar-refractivity contribution in [3.8, 4) is 0 Å². The Labute approximate surface area is 158 Å². The number of likely N-dealkylation sites (tertiary alicyclic amines) is 2. The molecule has 3 N–H and O–H groups in total. The van der Waals surface area contributed by atoms with Crippen molar-refractivity contribution in [3.05, 3.63) is 40.8 Å². The normalized spacial score (nSPS) is 21.7. The van der Waals surface area contributed by atoms with E-state index >= 15 is 0 Å². The second-order valence-electron chi connectivity index (χ2n) is 7.47. The summed E-state index contributed by atoms with van der Waals surface area (Å²) in [6.45, 7) is 2.93. The van der Waals surface area contributed by atoms with E-state index in [-0.39, 0.29) is 23.7 Å². The van der Waals surface area contributed by atoms with Gasteiger partial charge in [-0.25, -0.2) is 4.79 Å². The number of hydrogen-bond donors (Lipinski definition) is 2. The van der Waals surface area contributed by atoms with Crippen molar-refractivity contribution < 1.29 is 9.21 Å². The largest absolute Gasteiger partial charge is 0.423 e. The van der Waals surface area contributed by atoms with Crippen molar-refractivity contribution in [2.75, 3.05) is 31.5 Å². The standard InChI is InChI=1S/C20H26N4O3/c21-18-6-3-9-24(18)19(25)13-23-10-7-14(8-11-23)22-16-12-20(26)27-17-5-2-1-4-15(16)17/h1-2,4-5,12,14,18,22H,3,6-11,13,21H2/t18-/m0/s1. The monoisotopic (exact) mass is 370 g/mol. The summed E-state index contributed by atoms with van der Waals surface area (Å²) in [5.41, 5.74) is 7.06. The highest BCUT2D eigenvalue weighted by molar-refractivity contribution is 5.89. The Bertz CT molecular complexity index is 873. The Balaban J connectivity index is 1.35. The van der Waals surface area contributed by atoms with E-state index in [4.69, 9.17) is 10.2 Å². The average molecular weight is 370 g/mol. The third-order valence-corrected chi connectivity index (χ3v) is 5.58. The highest BCUT2D eigenvalue weighted by Gasteiger charge is 2.28. The SMILES string of the molecule is N[C@@H]1CCCN1C(=O)CN1CCC(Nc2cc(=O)oc3ccccc23)CC1. The lowest BCUT2D eigenvalue weighted by Crippen LogP contribution is -2.48. The number of benzene rings is 1. The second-order valence-corrected chi connectivity index (χ2v) is 7.47. The molecule has 7 heteroatoms. The molecule has 2 aliphatic heterocycles. The number of carbonyl (C=O) groups is 1. The number of amides is 1. The van der Waals surface area contributed by atoms with Gasteiger partial charge in [0.15, 0.2) is 0 Å². The van der Waals surface area contributed by atoms with Gasteiger partial charge in [-0.3, -0.25) is 9.69 Å². The van der Waals surface area contributed by atoms with Gasteiger partial charge in [0.1, 0.15) is 5.58 Å². The molecule has 0 spiro atoms. The summed E-state index contributed by atoms with van der Waals surface area (Å²) in [6.07, 6.45) is 3.63. The van der Waals surface area contributed by atoms with E-state index in [0.717, 1.165) is 56.4 Å². The number of fused-ring (bicyclic) bond motifs is 1. The van der Waals surface area contributed by atoms with Crippen LogP contribution in [-0.2, 0) is 4.79 Å². The number of piperidine rings is 1. The van der Waals surface area contributed by atoms with Crippen molar-refractivity contribution in [3.63, 3.8) is 0 Å². The number of nitrogens with one attached hydrogen (secondary N) is 1. The molecule has 144 valence electrons. The Morgan fingerprint density at radius 1 is 1.19 bits per heavy atom. The first-order valence-electron chi connectivity index (χ1n) is 9.67. The molecule has 2 saturated heterocycles. The van der Waals surface area contributed by atoms with E-state index in [1.807, 2.05) is 18.2 Å². The fraction of sp³-hybridized carbons (Fsp3) is 0.500. The Hall–Kier alpha value is -2.38. The van der Waals surface area contributed by atoms with E-state index in [9.17, 15) is 9.59 Å². The minimum Gasteiger partial charge on any atom is -0.423 e. The Morgan fingerprint density at radius 3 is 2.70 bits per heavy atom. The lowest BCUT2D eigenvalue weighted by atomic mass is 10.0. The summed E-state index contributed by atoms with van der Waals surface area (Å²) in [6, 6.07) is 9.34. The van der Waals surface area contributed by atoms with Crippen molar-refractivity contribution in [2.45, 2.75) is 37.9 Å². The van der Waals surface area contributed by atoms with Crippen LogP contribution >= 0.6 is 0 Å². The van der Waals surface area contributed by atoms with Gasteiger partial charge in [-0.05, 0) is 37.8 Å². The second kappa shape index (κ2) is 7.70. The van der Waals surface area contributed by atoms with Crippen molar-refractivity contribution in [2.24, 2.45) is 5.73 Å². The first kappa shape index (κ1) is 18.0. The van der Waals surface area contributed by atoms with Crippen LogP contribution in [0.3, 0.4) is 0 Å². The minimum absolute atomic E-state index is 0.116. The maximum absolute atomic E-state index is 12.4. The number of rotatable bonds is 4. The van der Waals surface area contributed by atoms with Crippen molar-refractivity contribution >= 4 is 22.6 Å². The molecular formula is C20H26N4O3. The van der Waals surface area contributed by atoms with Gasteiger partial charge in [-0.2, -0.15) is 0 Å². The molecule has 2 aromatic rings. The topological polar surface area (TPSA) is 91.8 Å². The summed E-state index contributed by atoms with van der Waals surface area (Å²) in [5, 5.41) is 4.41. The van der Waals surface area contributed by atoms with Crippen LogP contribution in [-0.4, -0.2) is 54.1 Å². The predicted octanol–water partition coefficient (Wildman–Crippen LogP) is 1.58. The molecule has 0 radical (unpaired) electrons. The average Bonchev–Trinajstić information content (AvgIpc) is 3.09. The molecule has 1 aromatic carbocycles. The number of para-hydroxylation sites is 1. The molecule has 2 fully saturated rings. The fourth-order valence-corrected chi connectivity index (χ4v) is 4.07. The zero-order valence-electron chi connectivity index (χ0n) is 15.4. The number of carbonyl (C=O) groups excluding carboxylic acids is 1. The van der Waals surface area contributed by atoms with Gasteiger partial charge in [0.25, 0.3) is 0 Å². The molecule has 0 bridgehead atoms. The number of hydrogen-bond acceptors (Lipinski definition) is 6. The van der Waals surface area contributed by atoms with Crippen LogP contribution in [0, 0.1) is 0 Å². The Morgan fingerprint density at radius 2 is 1.96 bits per heavy atom. The minimum atomic E-state index is -0.346.